The Kier molecular flexibility index (Phi) is 6.03. The van der Waals surface area contributed by atoms with Gasteiger partial charge in [-0.2, -0.15) is 0 Å². The lowest BCUT2D eigenvalue weighted by Gasteiger charge is -2.24. The highest BCUT2D eigenvalue weighted by atomic mass is 16.3. The van der Waals surface area contributed by atoms with Gasteiger partial charge in [0, 0.05) is 0 Å². The molecule has 0 heterocycles. The van der Waals surface area contributed by atoms with Gasteiger partial charge in [0.2, 0.25) is 0 Å². The molecule has 1 aliphatic carbocycles. The first-order valence-corrected chi connectivity index (χ1v) is 9.93. The molecule has 0 radical (unpaired) electrons. The van der Waals surface area contributed by atoms with Gasteiger partial charge in [-0.1, -0.05) is 44.5 Å². The Bertz CT molecular complexity index is 758. The molecule has 2 nitrogen and oxygen atoms in total. The van der Waals surface area contributed by atoms with E-state index in [1.165, 1.54) is 16.7 Å². The fraction of sp³-hybridized carbons (Fsp3) is 0.417. The molecule has 0 bridgehead atoms. The molecule has 3 rings (SSSR count). The van der Waals surface area contributed by atoms with Gasteiger partial charge in [0.15, 0.2) is 0 Å². The van der Waals surface area contributed by atoms with Crippen molar-refractivity contribution in [3.05, 3.63) is 65.2 Å². The number of allylic oxidation sites excluding steroid dienone is 2. The lowest BCUT2D eigenvalue weighted by molar-refractivity contribution is 0.454. The Hall–Kier alpha value is -2.22. The third kappa shape index (κ3) is 4.12. The van der Waals surface area contributed by atoms with E-state index in [2.05, 4.69) is 32.1 Å². The second-order valence-electron chi connectivity index (χ2n) is 7.46. The van der Waals surface area contributed by atoms with E-state index >= 15 is 0 Å². The molecule has 0 saturated heterocycles. The normalized spacial score (nSPS) is 18.4. The number of rotatable bonds is 6. The summed E-state index contributed by atoms with van der Waals surface area (Å²) in [5.74, 6) is 1.73. The summed E-state index contributed by atoms with van der Waals surface area (Å²) in [6, 6.07) is 13.8. The average molecular weight is 351 g/mol. The van der Waals surface area contributed by atoms with Gasteiger partial charge in [0.1, 0.15) is 11.5 Å². The largest absolute Gasteiger partial charge is 0.508 e. The Morgan fingerprint density at radius 2 is 1.81 bits per heavy atom. The molecule has 0 amide bonds. The van der Waals surface area contributed by atoms with E-state index < -0.39 is 0 Å². The minimum Gasteiger partial charge on any atom is -0.508 e. The van der Waals surface area contributed by atoms with Crippen LogP contribution in [0.2, 0.25) is 0 Å². The van der Waals surface area contributed by atoms with Crippen molar-refractivity contribution in [1.82, 2.24) is 0 Å². The summed E-state index contributed by atoms with van der Waals surface area (Å²) in [5.41, 5.74) is 5.07. The van der Waals surface area contributed by atoms with Crippen molar-refractivity contribution in [3.8, 4) is 11.5 Å². The van der Waals surface area contributed by atoms with E-state index in [4.69, 9.17) is 0 Å². The molecule has 0 aromatic heterocycles. The van der Waals surface area contributed by atoms with Gasteiger partial charge in [-0.3, -0.25) is 0 Å². The zero-order chi connectivity index (χ0) is 18.5. The van der Waals surface area contributed by atoms with E-state index in [-0.39, 0.29) is 0 Å². The lowest BCUT2D eigenvalue weighted by Crippen LogP contribution is -2.05. The van der Waals surface area contributed by atoms with Gasteiger partial charge in [0.05, 0.1) is 0 Å². The predicted octanol–water partition coefficient (Wildman–Crippen LogP) is 6.74. The second kappa shape index (κ2) is 8.44. The summed E-state index contributed by atoms with van der Waals surface area (Å²) in [4.78, 5) is 0. The number of hydrogen-bond donors (Lipinski definition) is 2. The molecule has 2 unspecified atom stereocenters. The highest BCUT2D eigenvalue weighted by molar-refractivity contribution is 5.68. The third-order valence-corrected chi connectivity index (χ3v) is 5.74. The maximum absolute atomic E-state index is 10.3. The Morgan fingerprint density at radius 3 is 2.42 bits per heavy atom. The topological polar surface area (TPSA) is 40.5 Å². The predicted molar refractivity (Wildman–Crippen MR) is 109 cm³/mol. The highest BCUT2D eigenvalue weighted by Crippen LogP contribution is 2.39. The van der Waals surface area contributed by atoms with E-state index in [9.17, 15) is 10.2 Å². The van der Waals surface area contributed by atoms with E-state index in [1.807, 2.05) is 18.2 Å². The first-order valence-electron chi connectivity index (χ1n) is 9.93. The first kappa shape index (κ1) is 18.6. The zero-order valence-corrected chi connectivity index (χ0v) is 15.9. The Labute approximate surface area is 157 Å². The van der Waals surface area contributed by atoms with Crippen molar-refractivity contribution < 1.29 is 10.2 Å². The molecule has 2 aromatic carbocycles. The number of aromatic hydroxyl groups is 2. The van der Waals surface area contributed by atoms with Crippen LogP contribution in [0.5, 0.6) is 11.5 Å². The molecule has 0 saturated carbocycles. The van der Waals surface area contributed by atoms with Gasteiger partial charge < -0.3 is 10.2 Å². The fourth-order valence-corrected chi connectivity index (χ4v) is 4.15. The SMILES string of the molecule is CCCC(CC)c1cc(C2=CCC(c3ccc(O)cc3)CC2)ccc1O. The van der Waals surface area contributed by atoms with Crippen molar-refractivity contribution in [1.29, 1.82) is 0 Å². The molecule has 2 aromatic rings. The molecule has 0 spiro atoms. The number of phenolic OH excluding ortho intramolecular Hbond substituents is 2. The van der Waals surface area contributed by atoms with Gasteiger partial charge in [0.25, 0.3) is 0 Å². The van der Waals surface area contributed by atoms with Gasteiger partial charge >= 0.3 is 0 Å². The number of hydrogen-bond acceptors (Lipinski definition) is 2. The standard InChI is InChI=1S/C24H30O2/c1-3-5-17(4-2)23-16-21(12-15-24(23)26)20-8-6-18(7-9-20)19-10-13-22(25)14-11-19/h8,10-18,25-26H,3-7,9H2,1-2H3. The van der Waals surface area contributed by atoms with E-state index in [1.54, 1.807) is 12.1 Å². The smallest absolute Gasteiger partial charge is 0.119 e. The summed E-state index contributed by atoms with van der Waals surface area (Å²) in [6.45, 7) is 4.41. The number of phenols is 2. The van der Waals surface area contributed by atoms with Crippen LogP contribution in [0.25, 0.3) is 5.57 Å². The fourth-order valence-electron chi connectivity index (χ4n) is 4.15. The van der Waals surface area contributed by atoms with Gasteiger partial charge in [-0.15, -0.1) is 0 Å². The van der Waals surface area contributed by atoms with Crippen LogP contribution in [0.3, 0.4) is 0 Å². The van der Waals surface area contributed by atoms with Crippen LogP contribution in [0.1, 0.15) is 80.9 Å². The summed E-state index contributed by atoms with van der Waals surface area (Å²) in [6.07, 6.45) is 8.89. The summed E-state index contributed by atoms with van der Waals surface area (Å²) >= 11 is 0. The monoisotopic (exact) mass is 350 g/mol. The minimum absolute atomic E-state index is 0.329. The molecule has 138 valence electrons. The van der Waals surface area contributed by atoms with Gasteiger partial charge in [-0.05, 0) is 90.5 Å². The minimum atomic E-state index is 0.329. The molecular formula is C24H30O2. The number of benzene rings is 2. The van der Waals surface area contributed by atoms with E-state index in [0.717, 1.165) is 44.1 Å². The summed E-state index contributed by atoms with van der Waals surface area (Å²) in [7, 11) is 0. The first-order chi connectivity index (χ1) is 12.6. The molecule has 2 heteroatoms. The molecular weight excluding hydrogens is 320 g/mol. The van der Waals surface area contributed by atoms with Crippen molar-refractivity contribution in [2.24, 2.45) is 0 Å². The Morgan fingerprint density at radius 1 is 1.04 bits per heavy atom. The molecule has 1 aliphatic rings. The maximum Gasteiger partial charge on any atom is 0.119 e. The maximum atomic E-state index is 10.3. The van der Waals surface area contributed by atoms with Crippen LogP contribution in [0.15, 0.2) is 48.5 Å². The zero-order valence-electron chi connectivity index (χ0n) is 15.9. The van der Waals surface area contributed by atoms with Crippen molar-refractivity contribution >= 4 is 5.57 Å². The summed E-state index contributed by atoms with van der Waals surface area (Å²) in [5, 5.41) is 19.8. The van der Waals surface area contributed by atoms with Crippen LogP contribution >= 0.6 is 0 Å². The van der Waals surface area contributed by atoms with Crippen molar-refractivity contribution in [2.45, 2.75) is 64.2 Å². The Balaban J connectivity index is 1.78. The van der Waals surface area contributed by atoms with Crippen LogP contribution < -0.4 is 0 Å². The molecule has 2 N–H and O–H groups in total. The van der Waals surface area contributed by atoms with Crippen LogP contribution in [0.4, 0.5) is 0 Å². The quantitative estimate of drug-likeness (QED) is 0.605. The second-order valence-corrected chi connectivity index (χ2v) is 7.46. The highest BCUT2D eigenvalue weighted by Gasteiger charge is 2.19. The molecule has 2 atom stereocenters. The molecule has 0 aliphatic heterocycles. The third-order valence-electron chi connectivity index (χ3n) is 5.74. The van der Waals surface area contributed by atoms with Gasteiger partial charge in [-0.25, -0.2) is 0 Å². The van der Waals surface area contributed by atoms with Crippen LogP contribution in [-0.4, -0.2) is 10.2 Å². The van der Waals surface area contributed by atoms with Crippen molar-refractivity contribution in [3.63, 3.8) is 0 Å². The van der Waals surface area contributed by atoms with E-state index in [0.29, 0.717) is 23.3 Å². The average Bonchev–Trinajstić information content (AvgIpc) is 2.67. The molecule has 0 fully saturated rings. The van der Waals surface area contributed by atoms with Crippen LogP contribution in [0, 0.1) is 0 Å². The lowest BCUT2D eigenvalue weighted by atomic mass is 9.81. The summed E-state index contributed by atoms with van der Waals surface area (Å²) < 4.78 is 0. The van der Waals surface area contributed by atoms with Crippen LogP contribution in [-0.2, 0) is 0 Å². The molecule has 26 heavy (non-hydrogen) atoms. The van der Waals surface area contributed by atoms with Crippen molar-refractivity contribution in [2.75, 3.05) is 0 Å².